The van der Waals surface area contributed by atoms with Gasteiger partial charge in [-0.3, -0.25) is 9.59 Å². The van der Waals surface area contributed by atoms with Crippen molar-refractivity contribution in [2.75, 3.05) is 4.90 Å². The van der Waals surface area contributed by atoms with Gasteiger partial charge in [-0.1, -0.05) is 36.2 Å². The number of benzene rings is 2. The van der Waals surface area contributed by atoms with Gasteiger partial charge in [0.2, 0.25) is 5.91 Å². The molecule has 3 aromatic rings. The van der Waals surface area contributed by atoms with E-state index in [1.165, 1.54) is 0 Å². The Morgan fingerprint density at radius 2 is 1.69 bits per heavy atom. The second-order valence-electron chi connectivity index (χ2n) is 6.84. The molecule has 0 aliphatic carbocycles. The van der Waals surface area contributed by atoms with Gasteiger partial charge in [0.1, 0.15) is 0 Å². The summed E-state index contributed by atoms with van der Waals surface area (Å²) in [7, 11) is 0. The predicted octanol–water partition coefficient (Wildman–Crippen LogP) is 4.40. The molecule has 0 saturated heterocycles. The van der Waals surface area contributed by atoms with E-state index in [0.29, 0.717) is 12.0 Å². The molecule has 1 heterocycles. The molecule has 2 aromatic carbocycles. The minimum atomic E-state index is -0.153. The van der Waals surface area contributed by atoms with E-state index < -0.39 is 0 Å². The average molecular weight is 348 g/mol. The zero-order valence-electron chi connectivity index (χ0n) is 15.7. The molecule has 0 unspecified atom stereocenters. The third-order valence-corrected chi connectivity index (χ3v) is 4.65. The molecular formula is C22H24N2O2. The quantitative estimate of drug-likeness (QED) is 0.760. The number of nitrogens with zero attached hydrogens (tertiary/aromatic N) is 1. The first kappa shape index (κ1) is 17.9. The first-order valence-electron chi connectivity index (χ1n) is 8.89. The molecule has 0 saturated carbocycles. The monoisotopic (exact) mass is 348 g/mol. The fourth-order valence-electron chi connectivity index (χ4n) is 3.27. The van der Waals surface area contributed by atoms with Crippen LogP contribution in [0.2, 0.25) is 0 Å². The van der Waals surface area contributed by atoms with Crippen LogP contribution in [0.5, 0.6) is 0 Å². The van der Waals surface area contributed by atoms with Crippen molar-refractivity contribution in [1.82, 2.24) is 4.98 Å². The molecule has 1 N–H and O–H groups in total. The minimum absolute atomic E-state index is 0.000641. The van der Waals surface area contributed by atoms with Crippen LogP contribution in [0.1, 0.15) is 35.6 Å². The summed E-state index contributed by atoms with van der Waals surface area (Å²) in [5.41, 5.74) is 5.40. The molecule has 134 valence electrons. The lowest BCUT2D eigenvalue weighted by Gasteiger charge is -2.24. The molecule has 4 nitrogen and oxygen atoms in total. The van der Waals surface area contributed by atoms with Crippen LogP contribution in [0.15, 0.2) is 47.3 Å². The number of amides is 1. The Morgan fingerprint density at radius 1 is 1.00 bits per heavy atom. The number of carbonyl (C=O) groups excluding carboxylic acids is 1. The SMILES string of the molecule is CCC(=O)N(Cc1cc2cc(C)ccc2[nH]c1=O)c1ccc(C)cc1C. The lowest BCUT2D eigenvalue weighted by molar-refractivity contribution is -0.118. The number of H-pyrrole nitrogens is 1. The van der Waals surface area contributed by atoms with Crippen molar-refractivity contribution in [3.63, 3.8) is 0 Å². The van der Waals surface area contributed by atoms with Crippen LogP contribution in [0, 0.1) is 20.8 Å². The van der Waals surface area contributed by atoms with Crippen molar-refractivity contribution in [1.29, 1.82) is 0 Å². The van der Waals surface area contributed by atoms with Crippen LogP contribution in [0.25, 0.3) is 10.9 Å². The second kappa shape index (κ2) is 7.16. The molecule has 0 radical (unpaired) electrons. The summed E-state index contributed by atoms with van der Waals surface area (Å²) in [6, 6.07) is 13.8. The number of carbonyl (C=O) groups is 1. The van der Waals surface area contributed by atoms with E-state index in [1.807, 2.05) is 64.1 Å². The fraction of sp³-hybridized carbons (Fsp3) is 0.273. The maximum atomic E-state index is 12.6. The molecule has 0 spiro atoms. The van der Waals surface area contributed by atoms with Crippen molar-refractivity contribution >= 4 is 22.5 Å². The smallest absolute Gasteiger partial charge is 0.253 e. The maximum absolute atomic E-state index is 12.6. The first-order valence-corrected chi connectivity index (χ1v) is 8.89. The maximum Gasteiger partial charge on any atom is 0.253 e. The van der Waals surface area contributed by atoms with E-state index >= 15 is 0 Å². The van der Waals surface area contributed by atoms with Crippen molar-refractivity contribution in [2.45, 2.75) is 40.7 Å². The molecule has 1 amide bonds. The summed E-state index contributed by atoms with van der Waals surface area (Å²) in [6.45, 7) is 8.14. The Hall–Kier alpha value is -2.88. The fourth-order valence-corrected chi connectivity index (χ4v) is 3.27. The predicted molar refractivity (Wildman–Crippen MR) is 107 cm³/mol. The largest absolute Gasteiger partial charge is 0.322 e. The van der Waals surface area contributed by atoms with Gasteiger partial charge in [-0.25, -0.2) is 0 Å². The zero-order valence-corrected chi connectivity index (χ0v) is 15.7. The Kier molecular flexibility index (Phi) is 4.94. The van der Waals surface area contributed by atoms with Gasteiger partial charge in [0.25, 0.3) is 5.56 Å². The molecule has 0 aliphatic rings. The molecule has 0 aliphatic heterocycles. The van der Waals surface area contributed by atoms with Crippen LogP contribution < -0.4 is 10.5 Å². The molecule has 1 aromatic heterocycles. The normalized spacial score (nSPS) is 10.9. The highest BCUT2D eigenvalue weighted by atomic mass is 16.2. The number of aromatic amines is 1. The van der Waals surface area contributed by atoms with E-state index in [0.717, 1.165) is 33.3 Å². The van der Waals surface area contributed by atoms with E-state index in [9.17, 15) is 9.59 Å². The number of aryl methyl sites for hydroxylation is 3. The average Bonchev–Trinajstić information content (AvgIpc) is 2.60. The van der Waals surface area contributed by atoms with Gasteiger partial charge in [0.05, 0.1) is 6.54 Å². The Labute approximate surface area is 153 Å². The summed E-state index contributed by atoms with van der Waals surface area (Å²) in [4.78, 5) is 29.8. The van der Waals surface area contributed by atoms with Gasteiger partial charge in [-0.15, -0.1) is 0 Å². The van der Waals surface area contributed by atoms with Gasteiger partial charge >= 0.3 is 0 Å². The number of nitrogens with one attached hydrogen (secondary N) is 1. The van der Waals surface area contributed by atoms with Gasteiger partial charge in [-0.2, -0.15) is 0 Å². The highest BCUT2D eigenvalue weighted by Crippen LogP contribution is 2.24. The van der Waals surface area contributed by atoms with Crippen molar-refractivity contribution < 1.29 is 4.79 Å². The van der Waals surface area contributed by atoms with Gasteiger partial charge in [0.15, 0.2) is 0 Å². The number of hydrogen-bond acceptors (Lipinski definition) is 2. The van der Waals surface area contributed by atoms with Gasteiger partial charge in [0, 0.05) is 23.2 Å². The standard InChI is InChI=1S/C22H24N2O2/c1-5-21(25)24(20-9-7-14(2)10-16(20)4)13-18-12-17-11-15(3)6-8-19(17)23-22(18)26/h6-12H,5,13H2,1-4H3,(H,23,26). The van der Waals surface area contributed by atoms with Crippen LogP contribution in [0.3, 0.4) is 0 Å². The topological polar surface area (TPSA) is 53.2 Å². The number of pyridine rings is 1. The lowest BCUT2D eigenvalue weighted by Crippen LogP contribution is -2.32. The van der Waals surface area contributed by atoms with Gasteiger partial charge in [-0.05, 0) is 56.0 Å². The molecular weight excluding hydrogens is 324 g/mol. The summed E-state index contributed by atoms with van der Waals surface area (Å²) < 4.78 is 0. The number of rotatable bonds is 4. The molecule has 0 bridgehead atoms. The third-order valence-electron chi connectivity index (χ3n) is 4.65. The van der Waals surface area contributed by atoms with E-state index in [1.54, 1.807) is 4.90 Å². The highest BCUT2D eigenvalue weighted by molar-refractivity contribution is 5.94. The summed E-state index contributed by atoms with van der Waals surface area (Å²) in [5, 5.41) is 0.976. The Balaban J connectivity index is 2.07. The van der Waals surface area contributed by atoms with Gasteiger partial charge < -0.3 is 9.88 Å². The highest BCUT2D eigenvalue weighted by Gasteiger charge is 2.18. The zero-order chi connectivity index (χ0) is 18.8. The van der Waals surface area contributed by atoms with Crippen LogP contribution >= 0.6 is 0 Å². The summed E-state index contributed by atoms with van der Waals surface area (Å²) in [5.74, 6) is 0.000641. The van der Waals surface area contributed by atoms with Crippen LogP contribution in [0.4, 0.5) is 5.69 Å². The van der Waals surface area contributed by atoms with Crippen molar-refractivity contribution in [3.8, 4) is 0 Å². The van der Waals surface area contributed by atoms with Crippen LogP contribution in [-0.2, 0) is 11.3 Å². The van der Waals surface area contributed by atoms with E-state index in [2.05, 4.69) is 11.1 Å². The van der Waals surface area contributed by atoms with Crippen molar-refractivity contribution in [2.24, 2.45) is 0 Å². The Bertz CT molecular complexity index is 1030. The number of fused-ring (bicyclic) bond motifs is 1. The summed E-state index contributed by atoms with van der Waals surface area (Å²) in [6.07, 6.45) is 0.387. The van der Waals surface area contributed by atoms with E-state index in [-0.39, 0.29) is 18.0 Å². The molecule has 3 rings (SSSR count). The number of hydrogen-bond donors (Lipinski definition) is 1. The molecule has 0 atom stereocenters. The lowest BCUT2D eigenvalue weighted by atomic mass is 10.1. The first-order chi connectivity index (χ1) is 12.4. The second-order valence-corrected chi connectivity index (χ2v) is 6.84. The minimum Gasteiger partial charge on any atom is -0.322 e. The Morgan fingerprint density at radius 3 is 2.38 bits per heavy atom. The van der Waals surface area contributed by atoms with E-state index in [4.69, 9.17) is 0 Å². The third kappa shape index (κ3) is 3.54. The summed E-state index contributed by atoms with van der Waals surface area (Å²) >= 11 is 0. The molecule has 26 heavy (non-hydrogen) atoms. The van der Waals surface area contributed by atoms with Crippen LogP contribution in [-0.4, -0.2) is 10.9 Å². The number of aromatic nitrogens is 1. The number of anilines is 1. The molecule has 4 heteroatoms. The molecule has 0 fully saturated rings. The van der Waals surface area contributed by atoms with Crippen molar-refractivity contribution in [3.05, 3.63) is 75.1 Å².